The number of carbonyl (C=O) groups is 2. The zero-order chi connectivity index (χ0) is 18.1. The topological polar surface area (TPSA) is 53.5 Å². The minimum atomic E-state index is 0.0504. The van der Waals surface area contributed by atoms with Gasteiger partial charge in [-0.15, -0.1) is 11.3 Å². The average molecular weight is 390 g/mol. The van der Waals surface area contributed by atoms with Crippen LogP contribution >= 0.6 is 22.7 Å². The van der Waals surface area contributed by atoms with Gasteiger partial charge < -0.3 is 9.80 Å². The number of hydrogen-bond donors (Lipinski definition) is 0. The fourth-order valence-corrected chi connectivity index (χ4v) is 5.55. The molecule has 4 rings (SSSR count). The molecule has 3 heterocycles. The molecule has 1 saturated heterocycles. The summed E-state index contributed by atoms with van der Waals surface area (Å²) in [6, 6.07) is 2.03. The number of piperazine rings is 1. The van der Waals surface area contributed by atoms with E-state index < -0.39 is 0 Å². The molecule has 2 amide bonds. The third-order valence-corrected chi connectivity index (χ3v) is 7.22. The van der Waals surface area contributed by atoms with Crippen LogP contribution in [0.3, 0.4) is 0 Å². The normalized spacial score (nSPS) is 18.5. The lowest BCUT2D eigenvalue weighted by Crippen LogP contribution is -2.51. The van der Waals surface area contributed by atoms with Crippen LogP contribution in [0.15, 0.2) is 16.8 Å². The third-order valence-electron chi connectivity index (χ3n) is 5.34. The Kier molecular flexibility index (Phi) is 5.09. The Hall–Kier alpha value is -1.73. The van der Waals surface area contributed by atoms with Crippen molar-refractivity contribution in [3.8, 4) is 10.6 Å². The number of hydrogen-bond acceptors (Lipinski definition) is 5. The van der Waals surface area contributed by atoms with Gasteiger partial charge in [0.05, 0.1) is 5.69 Å². The molecule has 7 heteroatoms. The molecule has 0 N–H and O–H groups in total. The van der Waals surface area contributed by atoms with Crippen LogP contribution in [-0.2, 0) is 4.79 Å². The van der Waals surface area contributed by atoms with Gasteiger partial charge in [0.25, 0.3) is 5.91 Å². The zero-order valence-corrected chi connectivity index (χ0v) is 16.6. The number of amides is 2. The first-order valence-corrected chi connectivity index (χ1v) is 11.0. The molecule has 0 atom stereocenters. The average Bonchev–Trinajstić information content (AvgIpc) is 3.41. The first-order valence-electron chi connectivity index (χ1n) is 9.21. The maximum Gasteiger partial charge on any atom is 0.265 e. The Bertz CT molecular complexity index is 786. The van der Waals surface area contributed by atoms with E-state index in [1.165, 1.54) is 24.2 Å². The van der Waals surface area contributed by atoms with E-state index in [9.17, 15) is 9.59 Å². The molecule has 0 radical (unpaired) electrons. The monoisotopic (exact) mass is 389 g/mol. The summed E-state index contributed by atoms with van der Waals surface area (Å²) in [5.41, 5.74) is 1.87. The van der Waals surface area contributed by atoms with Crippen LogP contribution in [-0.4, -0.2) is 52.8 Å². The van der Waals surface area contributed by atoms with Gasteiger partial charge in [-0.3, -0.25) is 9.59 Å². The molecule has 2 fully saturated rings. The summed E-state index contributed by atoms with van der Waals surface area (Å²) in [6.45, 7) is 4.43. The minimum Gasteiger partial charge on any atom is -0.339 e. The number of thiophene rings is 1. The molecular formula is C19H23N3O2S2. The Morgan fingerprint density at radius 1 is 1.12 bits per heavy atom. The first-order chi connectivity index (χ1) is 12.6. The van der Waals surface area contributed by atoms with Crippen LogP contribution < -0.4 is 0 Å². The molecule has 1 aliphatic heterocycles. The summed E-state index contributed by atoms with van der Waals surface area (Å²) in [5.74, 6) is 0.562. The van der Waals surface area contributed by atoms with Crippen LogP contribution in [0.1, 0.15) is 41.0 Å². The van der Waals surface area contributed by atoms with Gasteiger partial charge in [-0.05, 0) is 31.2 Å². The highest BCUT2D eigenvalue weighted by Gasteiger charge is 2.31. The lowest BCUT2D eigenvalue weighted by Gasteiger charge is -2.35. The zero-order valence-electron chi connectivity index (χ0n) is 14.9. The molecular weight excluding hydrogens is 366 g/mol. The molecule has 0 unspecified atom stereocenters. The SMILES string of the molecule is Cc1nc(-c2ccsc2)sc1C(=O)N1CCN(C(=O)C2CCCC2)CC1. The van der Waals surface area contributed by atoms with Crippen LogP contribution in [0.25, 0.3) is 10.6 Å². The second-order valence-corrected chi connectivity index (χ2v) is 8.82. The number of carbonyl (C=O) groups excluding carboxylic acids is 2. The largest absolute Gasteiger partial charge is 0.339 e. The molecule has 0 spiro atoms. The van der Waals surface area contributed by atoms with Crippen LogP contribution in [0.5, 0.6) is 0 Å². The maximum absolute atomic E-state index is 12.9. The maximum atomic E-state index is 12.9. The predicted molar refractivity (Wildman–Crippen MR) is 105 cm³/mol. The summed E-state index contributed by atoms with van der Waals surface area (Å²) in [7, 11) is 0. The third kappa shape index (κ3) is 3.42. The summed E-state index contributed by atoms with van der Waals surface area (Å²) < 4.78 is 0. The summed E-state index contributed by atoms with van der Waals surface area (Å²) >= 11 is 3.10. The lowest BCUT2D eigenvalue weighted by molar-refractivity contribution is -0.136. The van der Waals surface area contributed by atoms with Crippen molar-refractivity contribution in [2.45, 2.75) is 32.6 Å². The van der Waals surface area contributed by atoms with E-state index in [2.05, 4.69) is 10.4 Å². The summed E-state index contributed by atoms with van der Waals surface area (Å²) in [4.78, 5) is 34.6. The molecule has 26 heavy (non-hydrogen) atoms. The van der Waals surface area contributed by atoms with Crippen molar-refractivity contribution < 1.29 is 9.59 Å². The van der Waals surface area contributed by atoms with Crippen molar-refractivity contribution in [2.75, 3.05) is 26.2 Å². The van der Waals surface area contributed by atoms with Gasteiger partial charge in [0.1, 0.15) is 9.88 Å². The van der Waals surface area contributed by atoms with Crippen molar-refractivity contribution in [1.29, 1.82) is 0 Å². The molecule has 1 aliphatic carbocycles. The van der Waals surface area contributed by atoms with Gasteiger partial charge in [0.15, 0.2) is 0 Å². The Labute approximate surface area is 161 Å². The predicted octanol–water partition coefficient (Wildman–Crippen LogP) is 3.65. The number of thiazole rings is 1. The first kappa shape index (κ1) is 17.7. The van der Waals surface area contributed by atoms with E-state index in [0.717, 1.165) is 34.0 Å². The number of aromatic nitrogens is 1. The van der Waals surface area contributed by atoms with Crippen molar-refractivity contribution >= 4 is 34.5 Å². The Balaban J connectivity index is 1.40. The van der Waals surface area contributed by atoms with Gasteiger partial charge in [0, 0.05) is 43.0 Å². The molecule has 1 saturated carbocycles. The fourth-order valence-electron chi connectivity index (χ4n) is 3.81. The quantitative estimate of drug-likeness (QED) is 0.805. The van der Waals surface area contributed by atoms with Gasteiger partial charge in [-0.25, -0.2) is 4.98 Å². The Morgan fingerprint density at radius 2 is 1.81 bits per heavy atom. The van der Waals surface area contributed by atoms with E-state index in [-0.39, 0.29) is 11.8 Å². The summed E-state index contributed by atoms with van der Waals surface area (Å²) in [5, 5.41) is 4.98. The highest BCUT2D eigenvalue weighted by molar-refractivity contribution is 7.17. The highest BCUT2D eigenvalue weighted by atomic mass is 32.1. The van der Waals surface area contributed by atoms with Crippen LogP contribution in [0.4, 0.5) is 0 Å². The second-order valence-electron chi connectivity index (χ2n) is 7.04. The lowest BCUT2D eigenvalue weighted by atomic mass is 10.1. The second kappa shape index (κ2) is 7.48. The molecule has 5 nitrogen and oxygen atoms in total. The summed E-state index contributed by atoms with van der Waals surface area (Å²) in [6.07, 6.45) is 4.41. The molecule has 0 bridgehead atoms. The fraction of sp³-hybridized carbons (Fsp3) is 0.526. The number of rotatable bonds is 3. The molecule has 2 aromatic heterocycles. The molecule has 138 valence electrons. The molecule has 2 aliphatic rings. The van der Waals surface area contributed by atoms with Crippen molar-refractivity contribution in [2.24, 2.45) is 5.92 Å². The van der Waals surface area contributed by atoms with Crippen LogP contribution in [0.2, 0.25) is 0 Å². The van der Waals surface area contributed by atoms with E-state index in [1.54, 1.807) is 11.3 Å². The standard InChI is InChI=1S/C19H23N3O2S2/c1-13-16(26-17(20-13)15-6-11-25-12-15)19(24)22-9-7-21(8-10-22)18(23)14-4-2-3-5-14/h6,11-12,14H,2-5,7-10H2,1H3. The van der Waals surface area contributed by atoms with Crippen molar-refractivity contribution in [1.82, 2.24) is 14.8 Å². The van der Waals surface area contributed by atoms with E-state index in [1.807, 2.05) is 28.2 Å². The van der Waals surface area contributed by atoms with E-state index in [4.69, 9.17) is 0 Å². The molecule has 2 aromatic rings. The van der Waals surface area contributed by atoms with Gasteiger partial charge in [-0.2, -0.15) is 11.3 Å². The Morgan fingerprint density at radius 3 is 2.46 bits per heavy atom. The van der Waals surface area contributed by atoms with Gasteiger partial charge >= 0.3 is 0 Å². The van der Waals surface area contributed by atoms with Crippen molar-refractivity contribution in [3.63, 3.8) is 0 Å². The number of nitrogens with zero attached hydrogens (tertiary/aromatic N) is 3. The van der Waals surface area contributed by atoms with Gasteiger partial charge in [-0.1, -0.05) is 12.8 Å². The van der Waals surface area contributed by atoms with E-state index >= 15 is 0 Å². The smallest absolute Gasteiger partial charge is 0.265 e. The number of aryl methyl sites for hydroxylation is 1. The molecule has 0 aromatic carbocycles. The highest BCUT2D eigenvalue weighted by Crippen LogP contribution is 2.31. The van der Waals surface area contributed by atoms with Crippen LogP contribution in [0, 0.1) is 12.8 Å². The van der Waals surface area contributed by atoms with E-state index in [0.29, 0.717) is 32.1 Å². The van der Waals surface area contributed by atoms with Crippen molar-refractivity contribution in [3.05, 3.63) is 27.4 Å². The minimum absolute atomic E-state index is 0.0504. The van der Waals surface area contributed by atoms with Gasteiger partial charge in [0.2, 0.25) is 5.91 Å².